The molecular formula is C17H18Cl2N2. The number of hydrogen-bond donors (Lipinski definition) is 0. The van der Waals surface area contributed by atoms with Crippen LogP contribution in [-0.4, -0.2) is 10.8 Å². The molecule has 1 fully saturated rings. The summed E-state index contributed by atoms with van der Waals surface area (Å²) in [6, 6.07) is 8.09. The van der Waals surface area contributed by atoms with Gasteiger partial charge in [0.15, 0.2) is 0 Å². The van der Waals surface area contributed by atoms with Gasteiger partial charge in [-0.2, -0.15) is 0 Å². The van der Waals surface area contributed by atoms with Crippen LogP contribution in [0.25, 0.3) is 0 Å². The maximum absolute atomic E-state index is 6.12. The lowest BCUT2D eigenvalue weighted by molar-refractivity contribution is 0.354. The van der Waals surface area contributed by atoms with Gasteiger partial charge in [0.25, 0.3) is 0 Å². The summed E-state index contributed by atoms with van der Waals surface area (Å²) in [7, 11) is 0. The smallest absolute Gasteiger partial charge is 0.0817 e. The molecule has 1 aliphatic carbocycles. The van der Waals surface area contributed by atoms with Crippen LogP contribution >= 0.6 is 23.2 Å². The molecule has 1 heterocycles. The predicted octanol–water partition coefficient (Wildman–Crippen LogP) is 6.05. The van der Waals surface area contributed by atoms with Crippen molar-refractivity contribution in [2.24, 2.45) is 4.99 Å². The minimum atomic E-state index is 0.575. The molecule has 110 valence electrons. The first-order valence-corrected chi connectivity index (χ1v) is 8.14. The van der Waals surface area contributed by atoms with E-state index in [0.29, 0.717) is 16.1 Å². The van der Waals surface area contributed by atoms with Crippen LogP contribution in [0.3, 0.4) is 0 Å². The van der Waals surface area contributed by atoms with E-state index in [1.165, 1.54) is 32.1 Å². The van der Waals surface area contributed by atoms with Gasteiger partial charge >= 0.3 is 0 Å². The summed E-state index contributed by atoms with van der Waals surface area (Å²) in [5.41, 5.74) is 1.85. The van der Waals surface area contributed by atoms with Gasteiger partial charge in [0.05, 0.1) is 10.7 Å². The number of aliphatic imine (C=N–C) groups is 1. The average Bonchev–Trinajstić information content (AvgIpc) is 2.96. The molecule has 0 bridgehead atoms. The maximum Gasteiger partial charge on any atom is 0.0817 e. The molecule has 0 saturated heterocycles. The summed E-state index contributed by atoms with van der Waals surface area (Å²) in [6.07, 6.45) is 12.8. The van der Waals surface area contributed by atoms with Crippen LogP contribution in [0.15, 0.2) is 41.7 Å². The summed E-state index contributed by atoms with van der Waals surface area (Å²) < 4.78 is 2.32. The van der Waals surface area contributed by atoms with Gasteiger partial charge in [0.1, 0.15) is 0 Å². The fourth-order valence-electron chi connectivity index (χ4n) is 2.84. The molecule has 1 aromatic heterocycles. The Bertz CT molecular complexity index is 640. The second kappa shape index (κ2) is 6.67. The van der Waals surface area contributed by atoms with Crippen LogP contribution in [0.4, 0.5) is 5.69 Å². The molecule has 2 aromatic rings. The van der Waals surface area contributed by atoms with E-state index in [1.807, 2.05) is 12.3 Å². The van der Waals surface area contributed by atoms with E-state index in [1.54, 1.807) is 12.1 Å². The van der Waals surface area contributed by atoms with Crippen molar-refractivity contribution in [1.82, 2.24) is 4.57 Å². The first kappa shape index (κ1) is 14.7. The van der Waals surface area contributed by atoms with Gasteiger partial charge in [-0.05, 0) is 37.1 Å². The molecule has 4 heteroatoms. The van der Waals surface area contributed by atoms with Crippen molar-refractivity contribution < 1.29 is 0 Å². The van der Waals surface area contributed by atoms with Crippen LogP contribution in [0.5, 0.6) is 0 Å². The molecule has 0 amide bonds. The maximum atomic E-state index is 6.12. The van der Waals surface area contributed by atoms with E-state index in [0.717, 1.165) is 11.3 Å². The van der Waals surface area contributed by atoms with E-state index in [2.05, 4.69) is 28.0 Å². The summed E-state index contributed by atoms with van der Waals surface area (Å²) in [5, 5.41) is 1.20. The summed E-state index contributed by atoms with van der Waals surface area (Å²) >= 11 is 12.0. The molecular weight excluding hydrogens is 303 g/mol. The third kappa shape index (κ3) is 3.69. The molecule has 0 spiro atoms. The van der Waals surface area contributed by atoms with E-state index < -0.39 is 0 Å². The van der Waals surface area contributed by atoms with Crippen LogP contribution in [0, 0.1) is 0 Å². The highest BCUT2D eigenvalue weighted by Crippen LogP contribution is 2.29. The van der Waals surface area contributed by atoms with Gasteiger partial charge in [-0.15, -0.1) is 0 Å². The number of aromatic nitrogens is 1. The topological polar surface area (TPSA) is 17.3 Å². The van der Waals surface area contributed by atoms with Crippen molar-refractivity contribution in [3.63, 3.8) is 0 Å². The minimum absolute atomic E-state index is 0.575. The lowest BCUT2D eigenvalue weighted by Gasteiger charge is -2.23. The zero-order valence-electron chi connectivity index (χ0n) is 11.8. The monoisotopic (exact) mass is 320 g/mol. The highest BCUT2D eigenvalue weighted by atomic mass is 35.5. The molecule has 0 atom stereocenters. The zero-order valence-corrected chi connectivity index (χ0v) is 13.3. The Kier molecular flexibility index (Phi) is 4.67. The van der Waals surface area contributed by atoms with Crippen molar-refractivity contribution in [1.29, 1.82) is 0 Å². The van der Waals surface area contributed by atoms with Gasteiger partial charge in [0, 0.05) is 35.2 Å². The van der Waals surface area contributed by atoms with Crippen molar-refractivity contribution in [2.75, 3.05) is 0 Å². The molecule has 3 rings (SSSR count). The molecule has 1 saturated carbocycles. The number of hydrogen-bond acceptors (Lipinski definition) is 1. The molecule has 0 N–H and O–H groups in total. The van der Waals surface area contributed by atoms with Gasteiger partial charge in [-0.25, -0.2) is 0 Å². The van der Waals surface area contributed by atoms with E-state index in [-0.39, 0.29) is 0 Å². The van der Waals surface area contributed by atoms with Crippen molar-refractivity contribution in [3.05, 3.63) is 52.3 Å². The lowest BCUT2D eigenvalue weighted by Crippen LogP contribution is -2.10. The number of halogens is 2. The standard InChI is InChI=1S/C17H18Cl2N2/c18-14-6-7-17(16(19)10-14)20-11-13-8-9-21(12-13)15-4-2-1-3-5-15/h6-12,15H,1-5H2. The Morgan fingerprint density at radius 1 is 1.10 bits per heavy atom. The Morgan fingerprint density at radius 2 is 1.90 bits per heavy atom. The summed E-state index contributed by atoms with van der Waals surface area (Å²) in [4.78, 5) is 4.45. The quantitative estimate of drug-likeness (QED) is 0.612. The van der Waals surface area contributed by atoms with Crippen LogP contribution < -0.4 is 0 Å². The SMILES string of the molecule is Clc1ccc(N=Cc2ccn(C3CCCCC3)c2)c(Cl)c1. The average molecular weight is 321 g/mol. The fourth-order valence-corrected chi connectivity index (χ4v) is 3.30. The van der Waals surface area contributed by atoms with Crippen molar-refractivity contribution in [2.45, 2.75) is 38.1 Å². The van der Waals surface area contributed by atoms with Gasteiger partial charge < -0.3 is 4.57 Å². The number of benzene rings is 1. The fraction of sp³-hybridized carbons (Fsp3) is 0.353. The van der Waals surface area contributed by atoms with Gasteiger partial charge in [-0.1, -0.05) is 42.5 Å². The number of rotatable bonds is 3. The Balaban J connectivity index is 1.72. The highest BCUT2D eigenvalue weighted by Gasteiger charge is 2.14. The van der Waals surface area contributed by atoms with E-state index in [4.69, 9.17) is 23.2 Å². The van der Waals surface area contributed by atoms with Gasteiger partial charge in [0.2, 0.25) is 0 Å². The Hall–Kier alpha value is -1.25. The summed E-state index contributed by atoms with van der Waals surface area (Å²) in [5.74, 6) is 0. The van der Waals surface area contributed by atoms with Crippen molar-refractivity contribution >= 4 is 35.1 Å². The molecule has 2 nitrogen and oxygen atoms in total. The predicted molar refractivity (Wildman–Crippen MR) is 90.3 cm³/mol. The van der Waals surface area contributed by atoms with Crippen LogP contribution in [-0.2, 0) is 0 Å². The largest absolute Gasteiger partial charge is 0.351 e. The second-order valence-corrected chi connectivity index (χ2v) is 6.38. The highest BCUT2D eigenvalue weighted by molar-refractivity contribution is 6.36. The Morgan fingerprint density at radius 3 is 2.67 bits per heavy atom. The third-order valence-electron chi connectivity index (χ3n) is 4.00. The van der Waals surface area contributed by atoms with Crippen molar-refractivity contribution in [3.8, 4) is 0 Å². The zero-order chi connectivity index (χ0) is 14.7. The molecule has 0 unspecified atom stereocenters. The van der Waals surface area contributed by atoms with Gasteiger partial charge in [-0.3, -0.25) is 4.99 Å². The third-order valence-corrected chi connectivity index (χ3v) is 4.53. The van der Waals surface area contributed by atoms with Crippen LogP contribution in [0.1, 0.15) is 43.7 Å². The van der Waals surface area contributed by atoms with Crippen LogP contribution in [0.2, 0.25) is 10.0 Å². The molecule has 1 aliphatic rings. The van der Waals surface area contributed by atoms with E-state index in [9.17, 15) is 0 Å². The molecule has 21 heavy (non-hydrogen) atoms. The second-order valence-electron chi connectivity index (χ2n) is 5.54. The first-order chi connectivity index (χ1) is 10.2. The first-order valence-electron chi connectivity index (χ1n) is 7.39. The minimum Gasteiger partial charge on any atom is -0.351 e. The lowest BCUT2D eigenvalue weighted by atomic mass is 9.95. The normalized spacial score (nSPS) is 16.7. The van der Waals surface area contributed by atoms with E-state index >= 15 is 0 Å². The molecule has 0 aliphatic heterocycles. The molecule has 1 aromatic carbocycles. The molecule has 0 radical (unpaired) electrons. The Labute approximate surface area is 135 Å². The number of nitrogens with zero attached hydrogens (tertiary/aromatic N) is 2. The summed E-state index contributed by atoms with van der Waals surface area (Å²) in [6.45, 7) is 0.